The number of aliphatic imine (C=N–C) groups is 1. The maximum atomic E-state index is 9.78. The number of hydrogen-bond donors (Lipinski definition) is 2. The molecule has 2 unspecified atom stereocenters. The van der Waals surface area contributed by atoms with Crippen LogP contribution in [0.4, 0.5) is 0 Å². The number of rotatable bonds is 2. The molecule has 90 valence electrons. The molecule has 0 saturated carbocycles. The molecule has 0 aromatic heterocycles. The van der Waals surface area contributed by atoms with Gasteiger partial charge in [0.25, 0.3) is 0 Å². The molecule has 2 N–H and O–H groups in total. The highest BCUT2D eigenvalue weighted by Gasteiger charge is 2.29. The predicted octanol–water partition coefficient (Wildman–Crippen LogP) is 1.61. The van der Waals surface area contributed by atoms with Crippen LogP contribution >= 0.6 is 0 Å². The van der Waals surface area contributed by atoms with Gasteiger partial charge < -0.3 is 15.2 Å². The molecule has 2 aliphatic heterocycles. The van der Waals surface area contributed by atoms with E-state index in [1.165, 1.54) is 6.42 Å². The van der Waals surface area contributed by atoms with Crippen molar-refractivity contribution in [3.05, 3.63) is 29.8 Å². The van der Waals surface area contributed by atoms with Crippen LogP contribution in [0.15, 0.2) is 29.3 Å². The molecular formula is C13H16N2O2. The van der Waals surface area contributed by atoms with Crippen LogP contribution in [-0.4, -0.2) is 30.2 Å². The van der Waals surface area contributed by atoms with Crippen molar-refractivity contribution >= 4 is 5.90 Å². The second-order valence-corrected chi connectivity index (χ2v) is 4.50. The SMILES string of the molecule is Oc1ccccc1C1COC(C2CCCN2)=N1. The van der Waals surface area contributed by atoms with Crippen LogP contribution in [0.3, 0.4) is 0 Å². The number of nitrogens with one attached hydrogen (secondary N) is 1. The molecule has 4 heteroatoms. The minimum absolute atomic E-state index is 0.0615. The van der Waals surface area contributed by atoms with Crippen molar-refractivity contribution in [2.24, 2.45) is 4.99 Å². The lowest BCUT2D eigenvalue weighted by atomic mass is 10.1. The summed E-state index contributed by atoms with van der Waals surface area (Å²) < 4.78 is 5.64. The molecule has 0 bridgehead atoms. The first-order valence-electron chi connectivity index (χ1n) is 6.06. The number of para-hydroxylation sites is 1. The van der Waals surface area contributed by atoms with Gasteiger partial charge in [0.2, 0.25) is 5.90 Å². The van der Waals surface area contributed by atoms with Gasteiger partial charge in [-0.3, -0.25) is 0 Å². The number of benzene rings is 1. The molecule has 1 fully saturated rings. The molecule has 1 aromatic rings. The number of aromatic hydroxyl groups is 1. The summed E-state index contributed by atoms with van der Waals surface area (Å²) in [7, 11) is 0. The van der Waals surface area contributed by atoms with E-state index in [1.54, 1.807) is 6.07 Å². The van der Waals surface area contributed by atoms with Gasteiger partial charge in [0.1, 0.15) is 18.4 Å². The quantitative estimate of drug-likeness (QED) is 0.814. The summed E-state index contributed by atoms with van der Waals surface area (Å²) in [4.78, 5) is 4.57. The third-order valence-corrected chi connectivity index (χ3v) is 3.33. The fraction of sp³-hybridized carbons (Fsp3) is 0.462. The van der Waals surface area contributed by atoms with Gasteiger partial charge in [-0.25, -0.2) is 4.99 Å². The molecular weight excluding hydrogens is 216 g/mol. The number of hydrogen-bond acceptors (Lipinski definition) is 4. The Balaban J connectivity index is 1.80. The van der Waals surface area contributed by atoms with Gasteiger partial charge in [0, 0.05) is 5.56 Å². The van der Waals surface area contributed by atoms with Gasteiger partial charge in [0.15, 0.2) is 0 Å². The minimum atomic E-state index is -0.0615. The zero-order valence-corrected chi connectivity index (χ0v) is 9.60. The van der Waals surface area contributed by atoms with E-state index in [0.717, 1.165) is 24.4 Å². The Morgan fingerprint density at radius 1 is 1.35 bits per heavy atom. The van der Waals surface area contributed by atoms with E-state index in [1.807, 2.05) is 18.2 Å². The standard InChI is InChI=1S/C13H16N2O2/c16-12-6-2-1-4-9(12)11-8-17-13(15-11)10-5-3-7-14-10/h1-2,4,6,10-11,14,16H,3,5,7-8H2. The maximum absolute atomic E-state index is 9.78. The number of ether oxygens (including phenoxy) is 1. The summed E-state index contributed by atoms with van der Waals surface area (Å²) in [6.45, 7) is 1.57. The normalized spacial score (nSPS) is 27.9. The van der Waals surface area contributed by atoms with E-state index < -0.39 is 0 Å². The fourth-order valence-electron chi connectivity index (χ4n) is 2.41. The van der Waals surface area contributed by atoms with Gasteiger partial charge in [-0.05, 0) is 25.5 Å². The van der Waals surface area contributed by atoms with Crippen molar-refractivity contribution in [1.29, 1.82) is 0 Å². The zero-order chi connectivity index (χ0) is 11.7. The van der Waals surface area contributed by atoms with Gasteiger partial charge >= 0.3 is 0 Å². The van der Waals surface area contributed by atoms with Crippen molar-refractivity contribution < 1.29 is 9.84 Å². The second-order valence-electron chi connectivity index (χ2n) is 4.50. The van der Waals surface area contributed by atoms with Crippen LogP contribution in [0.1, 0.15) is 24.4 Å². The topological polar surface area (TPSA) is 53.9 Å². The van der Waals surface area contributed by atoms with Gasteiger partial charge in [0.05, 0.1) is 6.04 Å². The van der Waals surface area contributed by atoms with Gasteiger partial charge in [-0.15, -0.1) is 0 Å². The van der Waals surface area contributed by atoms with E-state index in [-0.39, 0.29) is 12.1 Å². The summed E-state index contributed by atoms with van der Waals surface area (Å²) in [6.07, 6.45) is 2.26. The summed E-state index contributed by atoms with van der Waals surface area (Å²) in [5.74, 6) is 1.10. The Bertz CT molecular complexity index is 439. The third kappa shape index (κ3) is 2.00. The molecule has 1 aromatic carbocycles. The Hall–Kier alpha value is -1.55. The summed E-state index contributed by atoms with van der Waals surface area (Å²) in [5, 5.41) is 13.1. The van der Waals surface area contributed by atoms with E-state index >= 15 is 0 Å². The molecule has 1 saturated heterocycles. The van der Waals surface area contributed by atoms with Crippen molar-refractivity contribution in [3.63, 3.8) is 0 Å². The molecule has 2 aliphatic rings. The molecule has 0 aliphatic carbocycles. The number of phenols is 1. The van der Waals surface area contributed by atoms with E-state index in [2.05, 4.69) is 10.3 Å². The minimum Gasteiger partial charge on any atom is -0.508 e. The highest BCUT2D eigenvalue weighted by molar-refractivity contribution is 5.83. The van der Waals surface area contributed by atoms with Crippen molar-refractivity contribution in [2.45, 2.75) is 24.9 Å². The van der Waals surface area contributed by atoms with E-state index in [0.29, 0.717) is 12.4 Å². The first-order valence-corrected chi connectivity index (χ1v) is 6.06. The highest BCUT2D eigenvalue weighted by Crippen LogP contribution is 2.30. The lowest BCUT2D eigenvalue weighted by Gasteiger charge is -2.08. The molecule has 2 atom stereocenters. The Labute approximate surface area is 100 Å². The van der Waals surface area contributed by atoms with Crippen LogP contribution in [0.5, 0.6) is 5.75 Å². The Morgan fingerprint density at radius 3 is 3.00 bits per heavy atom. The van der Waals surface area contributed by atoms with Crippen LogP contribution in [0.25, 0.3) is 0 Å². The Kier molecular flexibility index (Phi) is 2.73. The Morgan fingerprint density at radius 2 is 2.24 bits per heavy atom. The summed E-state index contributed by atoms with van der Waals surface area (Å²) in [6, 6.07) is 7.53. The molecule has 2 heterocycles. The first kappa shape index (κ1) is 10.6. The molecule has 17 heavy (non-hydrogen) atoms. The van der Waals surface area contributed by atoms with Crippen molar-refractivity contribution in [2.75, 3.05) is 13.2 Å². The summed E-state index contributed by atoms with van der Waals surface area (Å²) >= 11 is 0. The molecule has 0 radical (unpaired) electrons. The predicted molar refractivity (Wildman–Crippen MR) is 65.3 cm³/mol. The third-order valence-electron chi connectivity index (χ3n) is 3.33. The molecule has 4 nitrogen and oxygen atoms in total. The van der Waals surface area contributed by atoms with E-state index in [4.69, 9.17) is 4.74 Å². The van der Waals surface area contributed by atoms with Gasteiger partial charge in [-0.2, -0.15) is 0 Å². The zero-order valence-electron chi connectivity index (χ0n) is 9.60. The fourth-order valence-corrected chi connectivity index (χ4v) is 2.41. The highest BCUT2D eigenvalue weighted by atomic mass is 16.5. The lowest BCUT2D eigenvalue weighted by Crippen LogP contribution is -2.30. The van der Waals surface area contributed by atoms with E-state index in [9.17, 15) is 5.11 Å². The second kappa shape index (κ2) is 4.37. The monoisotopic (exact) mass is 232 g/mol. The molecule has 0 spiro atoms. The molecule has 3 rings (SSSR count). The largest absolute Gasteiger partial charge is 0.508 e. The lowest BCUT2D eigenvalue weighted by molar-refractivity contribution is 0.302. The number of nitrogens with zero attached hydrogens (tertiary/aromatic N) is 1. The molecule has 0 amide bonds. The van der Waals surface area contributed by atoms with Crippen LogP contribution in [0.2, 0.25) is 0 Å². The number of phenolic OH excluding ortho intramolecular Hbond substituents is 1. The van der Waals surface area contributed by atoms with Gasteiger partial charge in [-0.1, -0.05) is 18.2 Å². The first-order chi connectivity index (χ1) is 8.34. The van der Waals surface area contributed by atoms with Crippen molar-refractivity contribution in [1.82, 2.24) is 5.32 Å². The smallest absolute Gasteiger partial charge is 0.201 e. The summed E-state index contributed by atoms with van der Waals surface area (Å²) in [5.41, 5.74) is 0.848. The van der Waals surface area contributed by atoms with Crippen LogP contribution in [0, 0.1) is 0 Å². The van der Waals surface area contributed by atoms with Crippen LogP contribution in [-0.2, 0) is 4.74 Å². The van der Waals surface area contributed by atoms with Crippen LogP contribution < -0.4 is 5.32 Å². The average Bonchev–Trinajstić information content (AvgIpc) is 3.00. The average molecular weight is 232 g/mol. The maximum Gasteiger partial charge on any atom is 0.201 e. The van der Waals surface area contributed by atoms with Crippen molar-refractivity contribution in [3.8, 4) is 5.75 Å².